The number of carbonyl (C=O) groups is 3. The van der Waals surface area contributed by atoms with Gasteiger partial charge in [-0.1, -0.05) is 24.3 Å². The molecule has 0 saturated carbocycles. The molecule has 0 radical (unpaired) electrons. The Kier molecular flexibility index (Phi) is 5.86. The standard InChI is InChI=1S/C21H22N2O4/c1-27-18-8-4-15(5-9-18)12-13-22-21(26)17-6-2-16(3-7-17)14-23-19(24)10-11-20(23)25/h2-9H,10-14H2,1H3,(H,22,26). The number of likely N-dealkylation sites (tertiary alicyclic amines) is 1. The quantitative estimate of drug-likeness (QED) is 0.763. The molecule has 1 heterocycles. The lowest BCUT2D eigenvalue weighted by molar-refractivity contribution is -0.139. The molecular formula is C21H22N2O4. The molecule has 2 aromatic carbocycles. The predicted molar refractivity (Wildman–Crippen MR) is 100 cm³/mol. The van der Waals surface area contributed by atoms with E-state index >= 15 is 0 Å². The highest BCUT2D eigenvalue weighted by Gasteiger charge is 2.28. The molecule has 0 aromatic heterocycles. The second kappa shape index (κ2) is 8.49. The number of imide groups is 1. The maximum absolute atomic E-state index is 12.2. The second-order valence-electron chi connectivity index (χ2n) is 6.42. The van der Waals surface area contributed by atoms with Crippen molar-refractivity contribution in [1.29, 1.82) is 0 Å². The Morgan fingerprint density at radius 3 is 2.15 bits per heavy atom. The average molecular weight is 366 g/mol. The Balaban J connectivity index is 1.49. The molecule has 0 spiro atoms. The summed E-state index contributed by atoms with van der Waals surface area (Å²) in [5.74, 6) is 0.379. The monoisotopic (exact) mass is 366 g/mol. The van der Waals surface area contributed by atoms with Crippen LogP contribution in [-0.4, -0.2) is 36.3 Å². The Morgan fingerprint density at radius 2 is 1.56 bits per heavy atom. The summed E-state index contributed by atoms with van der Waals surface area (Å²) >= 11 is 0. The average Bonchev–Trinajstić information content (AvgIpc) is 3.01. The third-order valence-electron chi connectivity index (χ3n) is 4.57. The number of nitrogens with zero attached hydrogens (tertiary/aromatic N) is 1. The Morgan fingerprint density at radius 1 is 0.963 bits per heavy atom. The van der Waals surface area contributed by atoms with Crippen LogP contribution < -0.4 is 10.1 Å². The molecule has 0 atom stereocenters. The molecule has 1 fully saturated rings. The molecule has 1 aliphatic rings. The first-order chi connectivity index (χ1) is 13.1. The van der Waals surface area contributed by atoms with Crippen LogP contribution in [0.25, 0.3) is 0 Å². The van der Waals surface area contributed by atoms with Crippen LogP contribution >= 0.6 is 0 Å². The van der Waals surface area contributed by atoms with E-state index in [1.54, 1.807) is 31.4 Å². The lowest BCUT2D eigenvalue weighted by Crippen LogP contribution is -2.28. The minimum absolute atomic E-state index is 0.139. The summed E-state index contributed by atoms with van der Waals surface area (Å²) in [6.45, 7) is 0.792. The number of nitrogens with one attached hydrogen (secondary N) is 1. The third-order valence-corrected chi connectivity index (χ3v) is 4.57. The zero-order valence-corrected chi connectivity index (χ0v) is 15.2. The lowest BCUT2D eigenvalue weighted by Gasteiger charge is -2.14. The number of hydrogen-bond acceptors (Lipinski definition) is 4. The van der Waals surface area contributed by atoms with Crippen LogP contribution in [-0.2, 0) is 22.6 Å². The molecule has 27 heavy (non-hydrogen) atoms. The van der Waals surface area contributed by atoms with Crippen molar-refractivity contribution in [3.63, 3.8) is 0 Å². The van der Waals surface area contributed by atoms with Crippen molar-refractivity contribution >= 4 is 17.7 Å². The van der Waals surface area contributed by atoms with Crippen molar-refractivity contribution in [3.05, 3.63) is 65.2 Å². The van der Waals surface area contributed by atoms with E-state index in [4.69, 9.17) is 4.74 Å². The van der Waals surface area contributed by atoms with Crippen molar-refractivity contribution in [2.24, 2.45) is 0 Å². The molecule has 6 nitrogen and oxygen atoms in total. The summed E-state index contributed by atoms with van der Waals surface area (Å²) in [6, 6.07) is 14.7. The van der Waals surface area contributed by atoms with Gasteiger partial charge >= 0.3 is 0 Å². The highest BCUT2D eigenvalue weighted by Crippen LogP contribution is 2.16. The molecule has 0 bridgehead atoms. The topological polar surface area (TPSA) is 75.7 Å². The minimum Gasteiger partial charge on any atom is -0.497 e. The Labute approximate surface area is 158 Å². The van der Waals surface area contributed by atoms with Gasteiger partial charge in [0.2, 0.25) is 11.8 Å². The number of rotatable bonds is 7. The molecule has 3 rings (SSSR count). The summed E-state index contributed by atoms with van der Waals surface area (Å²) < 4.78 is 5.12. The van der Waals surface area contributed by atoms with Gasteiger partial charge in [0, 0.05) is 24.9 Å². The summed E-state index contributed by atoms with van der Waals surface area (Å²) in [4.78, 5) is 36.9. The van der Waals surface area contributed by atoms with Gasteiger partial charge in [-0.3, -0.25) is 19.3 Å². The maximum Gasteiger partial charge on any atom is 0.251 e. The normalized spacial score (nSPS) is 13.7. The van der Waals surface area contributed by atoms with Gasteiger partial charge in [-0.2, -0.15) is 0 Å². The number of amides is 3. The number of methoxy groups -OCH3 is 1. The van der Waals surface area contributed by atoms with Gasteiger partial charge in [0.25, 0.3) is 5.91 Å². The molecule has 0 unspecified atom stereocenters. The SMILES string of the molecule is COc1ccc(CCNC(=O)c2ccc(CN3C(=O)CCC3=O)cc2)cc1. The van der Waals surface area contributed by atoms with Crippen LogP contribution in [0, 0.1) is 0 Å². The number of ether oxygens (including phenoxy) is 1. The Bertz CT molecular complexity index is 812. The van der Waals surface area contributed by atoms with Gasteiger partial charge in [-0.25, -0.2) is 0 Å². The van der Waals surface area contributed by atoms with Gasteiger partial charge in [0.05, 0.1) is 13.7 Å². The molecule has 2 aromatic rings. The van der Waals surface area contributed by atoms with Crippen molar-refractivity contribution in [2.75, 3.05) is 13.7 Å². The lowest BCUT2D eigenvalue weighted by atomic mass is 10.1. The molecule has 1 N–H and O–H groups in total. The van der Waals surface area contributed by atoms with Crippen LogP contribution in [0.5, 0.6) is 5.75 Å². The van der Waals surface area contributed by atoms with Gasteiger partial charge in [-0.15, -0.1) is 0 Å². The van der Waals surface area contributed by atoms with Crippen molar-refractivity contribution < 1.29 is 19.1 Å². The van der Waals surface area contributed by atoms with Crippen LogP contribution in [0.2, 0.25) is 0 Å². The van der Waals surface area contributed by atoms with Crippen LogP contribution in [0.3, 0.4) is 0 Å². The van der Waals surface area contributed by atoms with Crippen molar-refractivity contribution in [2.45, 2.75) is 25.8 Å². The fourth-order valence-corrected chi connectivity index (χ4v) is 2.96. The van der Waals surface area contributed by atoms with Crippen molar-refractivity contribution in [3.8, 4) is 5.75 Å². The van der Waals surface area contributed by atoms with E-state index in [0.29, 0.717) is 12.1 Å². The fourth-order valence-electron chi connectivity index (χ4n) is 2.96. The number of benzene rings is 2. The maximum atomic E-state index is 12.2. The summed E-state index contributed by atoms with van der Waals surface area (Å²) in [7, 11) is 1.63. The van der Waals surface area contributed by atoms with E-state index in [9.17, 15) is 14.4 Å². The van der Waals surface area contributed by atoms with Gasteiger partial charge < -0.3 is 10.1 Å². The molecule has 1 aliphatic heterocycles. The van der Waals surface area contributed by atoms with E-state index in [2.05, 4.69) is 5.32 Å². The van der Waals surface area contributed by atoms with Gasteiger partial charge in [0.1, 0.15) is 5.75 Å². The molecule has 1 saturated heterocycles. The van der Waals surface area contributed by atoms with Gasteiger partial charge in [-0.05, 0) is 41.8 Å². The zero-order chi connectivity index (χ0) is 19.2. The summed E-state index contributed by atoms with van der Waals surface area (Å²) in [6.07, 6.45) is 1.30. The van der Waals surface area contributed by atoms with Crippen LogP contribution in [0.15, 0.2) is 48.5 Å². The second-order valence-corrected chi connectivity index (χ2v) is 6.42. The summed E-state index contributed by atoms with van der Waals surface area (Å²) in [5, 5.41) is 2.89. The number of hydrogen-bond donors (Lipinski definition) is 1. The van der Waals surface area contributed by atoms with E-state index in [-0.39, 0.29) is 37.1 Å². The first-order valence-corrected chi connectivity index (χ1v) is 8.90. The summed E-state index contributed by atoms with van der Waals surface area (Å²) in [5.41, 5.74) is 2.49. The fraction of sp³-hybridized carbons (Fsp3) is 0.286. The van der Waals surface area contributed by atoms with E-state index in [1.165, 1.54) is 4.90 Å². The molecule has 3 amide bonds. The predicted octanol–water partition coefficient (Wildman–Crippen LogP) is 2.32. The van der Waals surface area contributed by atoms with Crippen molar-refractivity contribution in [1.82, 2.24) is 10.2 Å². The first-order valence-electron chi connectivity index (χ1n) is 8.90. The van der Waals surface area contributed by atoms with E-state index in [0.717, 1.165) is 23.3 Å². The van der Waals surface area contributed by atoms with E-state index in [1.807, 2.05) is 24.3 Å². The van der Waals surface area contributed by atoms with Crippen LogP contribution in [0.4, 0.5) is 0 Å². The number of carbonyl (C=O) groups excluding carboxylic acids is 3. The Hall–Kier alpha value is -3.15. The molecule has 140 valence electrons. The minimum atomic E-state index is -0.150. The first kappa shape index (κ1) is 18.6. The largest absolute Gasteiger partial charge is 0.497 e. The van der Waals surface area contributed by atoms with Gasteiger partial charge in [0.15, 0.2) is 0 Å². The van der Waals surface area contributed by atoms with Crippen LogP contribution in [0.1, 0.15) is 34.3 Å². The molecular weight excluding hydrogens is 344 g/mol. The molecule has 0 aliphatic carbocycles. The zero-order valence-electron chi connectivity index (χ0n) is 15.2. The van der Waals surface area contributed by atoms with E-state index < -0.39 is 0 Å². The highest BCUT2D eigenvalue weighted by molar-refractivity contribution is 6.01. The smallest absolute Gasteiger partial charge is 0.251 e. The third kappa shape index (κ3) is 4.73. The molecule has 6 heteroatoms. The highest BCUT2D eigenvalue weighted by atomic mass is 16.5.